The SMILES string of the molecule is C/C=C(/CNc1ncnc2c1ncn2C1CCC(CO)O1)NC.CC.CC. The van der Waals surface area contributed by atoms with E-state index in [-0.39, 0.29) is 18.9 Å². The number of imidazole rings is 1. The first-order chi connectivity index (χ1) is 13.3. The average molecular weight is 379 g/mol. The first-order valence-corrected chi connectivity index (χ1v) is 9.77. The van der Waals surface area contributed by atoms with Crippen LogP contribution >= 0.6 is 0 Å². The molecule has 2 aromatic rings. The molecule has 3 N–H and O–H groups in total. The lowest BCUT2D eigenvalue weighted by Gasteiger charge is -2.14. The summed E-state index contributed by atoms with van der Waals surface area (Å²) in [5.41, 5.74) is 2.52. The third-order valence-corrected chi connectivity index (χ3v) is 4.07. The molecule has 0 aromatic carbocycles. The van der Waals surface area contributed by atoms with Crippen molar-refractivity contribution >= 4 is 17.0 Å². The molecular formula is C19H34N6O2. The van der Waals surface area contributed by atoms with Crippen molar-refractivity contribution in [2.24, 2.45) is 0 Å². The maximum absolute atomic E-state index is 9.21. The first-order valence-electron chi connectivity index (χ1n) is 9.77. The number of allylic oxidation sites excluding steroid dienone is 1. The molecule has 8 nitrogen and oxygen atoms in total. The second kappa shape index (κ2) is 12.2. The first kappa shape index (κ1) is 22.9. The second-order valence-electron chi connectivity index (χ2n) is 5.44. The molecule has 8 heteroatoms. The molecule has 2 unspecified atom stereocenters. The van der Waals surface area contributed by atoms with Crippen LogP contribution in [0.4, 0.5) is 5.82 Å². The van der Waals surface area contributed by atoms with Gasteiger partial charge < -0.3 is 20.5 Å². The number of nitrogens with one attached hydrogen (secondary N) is 2. The van der Waals surface area contributed by atoms with Gasteiger partial charge in [0, 0.05) is 12.7 Å². The maximum Gasteiger partial charge on any atom is 0.167 e. The smallest absolute Gasteiger partial charge is 0.167 e. The Kier molecular flexibility index (Phi) is 10.4. The number of aliphatic hydroxyl groups is 1. The lowest BCUT2D eigenvalue weighted by atomic mass is 10.2. The molecule has 0 spiro atoms. The van der Waals surface area contributed by atoms with Gasteiger partial charge in [-0.15, -0.1) is 0 Å². The van der Waals surface area contributed by atoms with Crippen LogP contribution in [-0.2, 0) is 4.74 Å². The van der Waals surface area contributed by atoms with Gasteiger partial charge >= 0.3 is 0 Å². The van der Waals surface area contributed by atoms with Crippen LogP contribution in [0.15, 0.2) is 24.4 Å². The number of fused-ring (bicyclic) bond motifs is 1. The quantitative estimate of drug-likeness (QED) is 0.710. The van der Waals surface area contributed by atoms with Crippen molar-refractivity contribution in [3.63, 3.8) is 0 Å². The number of likely N-dealkylation sites (N-methyl/N-ethyl adjacent to an activating group) is 1. The van der Waals surface area contributed by atoms with Gasteiger partial charge in [-0.1, -0.05) is 33.8 Å². The van der Waals surface area contributed by atoms with Gasteiger partial charge in [0.25, 0.3) is 0 Å². The highest BCUT2D eigenvalue weighted by Crippen LogP contribution is 2.31. The molecule has 1 saturated heterocycles. The van der Waals surface area contributed by atoms with Gasteiger partial charge in [-0.3, -0.25) is 4.57 Å². The van der Waals surface area contributed by atoms with Crippen LogP contribution in [0.1, 0.15) is 53.7 Å². The second-order valence-corrected chi connectivity index (χ2v) is 5.44. The lowest BCUT2D eigenvalue weighted by Crippen LogP contribution is -2.16. The minimum atomic E-state index is -0.136. The van der Waals surface area contributed by atoms with Gasteiger partial charge in [-0.2, -0.15) is 0 Å². The number of aliphatic hydroxyl groups excluding tert-OH is 1. The van der Waals surface area contributed by atoms with E-state index >= 15 is 0 Å². The molecule has 0 radical (unpaired) electrons. The molecule has 0 amide bonds. The average Bonchev–Trinajstić information content (AvgIpc) is 3.38. The summed E-state index contributed by atoms with van der Waals surface area (Å²) in [6, 6.07) is 0. The molecule has 3 heterocycles. The molecule has 2 aromatic heterocycles. The van der Waals surface area contributed by atoms with Crippen molar-refractivity contribution in [2.75, 3.05) is 25.5 Å². The van der Waals surface area contributed by atoms with E-state index in [1.165, 1.54) is 6.33 Å². The molecule has 2 atom stereocenters. The number of anilines is 1. The summed E-state index contributed by atoms with van der Waals surface area (Å²) >= 11 is 0. The van der Waals surface area contributed by atoms with Crippen LogP contribution in [0.25, 0.3) is 11.2 Å². The minimum absolute atomic E-state index is 0.0427. The van der Waals surface area contributed by atoms with Crippen molar-refractivity contribution < 1.29 is 9.84 Å². The third-order valence-electron chi connectivity index (χ3n) is 4.07. The van der Waals surface area contributed by atoms with Gasteiger partial charge in [0.2, 0.25) is 0 Å². The summed E-state index contributed by atoms with van der Waals surface area (Å²) in [5, 5.41) is 15.6. The zero-order chi connectivity index (χ0) is 20.2. The Labute approximate surface area is 162 Å². The van der Waals surface area contributed by atoms with Crippen LogP contribution < -0.4 is 10.6 Å². The fraction of sp³-hybridized carbons (Fsp3) is 0.632. The van der Waals surface area contributed by atoms with Gasteiger partial charge in [-0.05, 0) is 19.8 Å². The van der Waals surface area contributed by atoms with E-state index in [4.69, 9.17) is 4.74 Å². The summed E-state index contributed by atoms with van der Waals surface area (Å²) in [6.07, 6.45) is 6.69. The predicted octanol–water partition coefficient (Wildman–Crippen LogP) is 3.08. The van der Waals surface area contributed by atoms with E-state index in [0.29, 0.717) is 12.4 Å². The molecule has 3 rings (SSSR count). The standard InChI is InChI=1S/C15H22N6O2.2C2H6/c1-3-10(16-2)6-17-14-13-15(19-8-18-14)21(9-20-13)12-5-4-11(7-22)23-12;2*1-2/h3,8-9,11-12,16,22H,4-7H2,1-2H3,(H,17,18,19);2*1-2H3/b10-3-;;. The van der Waals surface area contributed by atoms with Crippen LogP contribution in [0.5, 0.6) is 0 Å². The van der Waals surface area contributed by atoms with Gasteiger partial charge in [0.05, 0.1) is 25.6 Å². The zero-order valence-corrected chi connectivity index (χ0v) is 17.4. The molecular weight excluding hydrogens is 344 g/mol. The number of aromatic nitrogens is 4. The van der Waals surface area contributed by atoms with Crippen LogP contribution in [-0.4, -0.2) is 50.9 Å². The molecule has 0 bridgehead atoms. The Morgan fingerprint density at radius 3 is 2.59 bits per heavy atom. The van der Waals surface area contributed by atoms with E-state index in [2.05, 4.69) is 25.6 Å². The number of hydrogen-bond acceptors (Lipinski definition) is 7. The Balaban J connectivity index is 0.000000855. The van der Waals surface area contributed by atoms with E-state index in [0.717, 1.165) is 29.7 Å². The molecule has 1 fully saturated rings. The molecule has 1 aliphatic heterocycles. The van der Waals surface area contributed by atoms with E-state index in [9.17, 15) is 5.11 Å². The fourth-order valence-corrected chi connectivity index (χ4v) is 2.73. The summed E-state index contributed by atoms with van der Waals surface area (Å²) in [6.45, 7) is 10.7. The molecule has 1 aliphatic rings. The van der Waals surface area contributed by atoms with E-state index in [1.54, 1.807) is 6.33 Å². The summed E-state index contributed by atoms with van der Waals surface area (Å²) in [5.74, 6) is 0.694. The topological polar surface area (TPSA) is 97.1 Å². The summed E-state index contributed by atoms with van der Waals surface area (Å²) in [7, 11) is 1.89. The van der Waals surface area contributed by atoms with Crippen molar-refractivity contribution in [3.8, 4) is 0 Å². The van der Waals surface area contributed by atoms with Crippen LogP contribution in [0.3, 0.4) is 0 Å². The minimum Gasteiger partial charge on any atom is -0.394 e. The molecule has 27 heavy (non-hydrogen) atoms. The predicted molar refractivity (Wildman–Crippen MR) is 110 cm³/mol. The largest absolute Gasteiger partial charge is 0.394 e. The van der Waals surface area contributed by atoms with Gasteiger partial charge in [-0.25, -0.2) is 15.0 Å². The van der Waals surface area contributed by atoms with Gasteiger partial charge in [0.1, 0.15) is 12.6 Å². The highest BCUT2D eigenvalue weighted by atomic mass is 16.5. The Bertz CT molecular complexity index is 701. The summed E-state index contributed by atoms with van der Waals surface area (Å²) in [4.78, 5) is 13.1. The van der Waals surface area contributed by atoms with Crippen molar-refractivity contribution in [3.05, 3.63) is 24.4 Å². The van der Waals surface area contributed by atoms with Crippen molar-refractivity contribution in [1.82, 2.24) is 24.8 Å². The Morgan fingerprint density at radius 1 is 1.26 bits per heavy atom. The zero-order valence-electron chi connectivity index (χ0n) is 17.4. The third kappa shape index (κ3) is 5.64. The monoisotopic (exact) mass is 378 g/mol. The molecule has 0 aliphatic carbocycles. The number of nitrogens with zero attached hydrogens (tertiary/aromatic N) is 4. The summed E-state index contributed by atoms with van der Waals surface area (Å²) < 4.78 is 7.72. The number of hydrogen-bond donors (Lipinski definition) is 3. The van der Waals surface area contributed by atoms with Gasteiger partial charge in [0.15, 0.2) is 17.0 Å². The number of rotatable bonds is 6. The fourth-order valence-electron chi connectivity index (χ4n) is 2.73. The lowest BCUT2D eigenvalue weighted by molar-refractivity contribution is -0.0207. The van der Waals surface area contributed by atoms with Crippen molar-refractivity contribution in [2.45, 2.75) is 59.8 Å². The normalized spacial score (nSPS) is 19.0. The Hall–Kier alpha value is -2.19. The van der Waals surface area contributed by atoms with E-state index < -0.39 is 0 Å². The highest BCUT2D eigenvalue weighted by Gasteiger charge is 2.27. The molecule has 152 valence electrons. The van der Waals surface area contributed by atoms with E-state index in [1.807, 2.05) is 52.3 Å². The maximum atomic E-state index is 9.21. The van der Waals surface area contributed by atoms with Crippen molar-refractivity contribution in [1.29, 1.82) is 0 Å². The van der Waals surface area contributed by atoms with Crippen LogP contribution in [0, 0.1) is 0 Å². The number of ether oxygens (including phenoxy) is 1. The highest BCUT2D eigenvalue weighted by molar-refractivity contribution is 5.82. The Morgan fingerprint density at radius 2 is 2.00 bits per heavy atom. The molecule has 0 saturated carbocycles. The van der Waals surface area contributed by atoms with Crippen LogP contribution in [0.2, 0.25) is 0 Å².